The SMILES string of the molecule is CN1CC(C(=O)O)c2ccc(N3CCC(OCc4c(-c5c(Cl)cccc5Cl)noc4C4CC4)CC3)cc21. The number of aliphatic carboxylic acids is 1. The van der Waals surface area contributed by atoms with Gasteiger partial charge in [-0.05, 0) is 55.5 Å². The van der Waals surface area contributed by atoms with E-state index in [1.54, 1.807) is 0 Å². The number of halogens is 2. The van der Waals surface area contributed by atoms with Gasteiger partial charge >= 0.3 is 5.97 Å². The molecule has 1 aromatic heterocycles. The largest absolute Gasteiger partial charge is 0.481 e. The van der Waals surface area contributed by atoms with Gasteiger partial charge in [-0.25, -0.2) is 0 Å². The van der Waals surface area contributed by atoms with E-state index in [1.165, 1.54) is 0 Å². The molecule has 0 spiro atoms. The van der Waals surface area contributed by atoms with Crippen LogP contribution in [0.1, 0.15) is 54.4 Å². The number of hydrogen-bond donors (Lipinski definition) is 1. The molecule has 1 atom stereocenters. The second-order valence-electron chi connectivity index (χ2n) is 10.3. The fraction of sp³-hybridized carbons (Fsp3) is 0.429. The third-order valence-electron chi connectivity index (χ3n) is 7.79. The van der Waals surface area contributed by atoms with Crippen LogP contribution < -0.4 is 9.80 Å². The van der Waals surface area contributed by atoms with Crippen molar-refractivity contribution < 1.29 is 19.2 Å². The highest BCUT2D eigenvalue weighted by molar-refractivity contribution is 6.39. The molecule has 0 amide bonds. The van der Waals surface area contributed by atoms with Crippen LogP contribution in [0.3, 0.4) is 0 Å². The second kappa shape index (κ2) is 9.86. The molecular formula is C28H29Cl2N3O4. The van der Waals surface area contributed by atoms with Gasteiger partial charge in [-0.1, -0.05) is 40.5 Å². The second-order valence-corrected chi connectivity index (χ2v) is 11.1. The average molecular weight is 542 g/mol. The molecule has 7 nitrogen and oxygen atoms in total. The zero-order chi connectivity index (χ0) is 25.7. The normalized spacial score (nSPS) is 19.9. The fourth-order valence-corrected chi connectivity index (χ4v) is 6.14. The van der Waals surface area contributed by atoms with E-state index in [-0.39, 0.29) is 6.10 Å². The summed E-state index contributed by atoms with van der Waals surface area (Å²) in [6, 6.07) is 11.6. The number of rotatable bonds is 7. The number of carboxylic acids is 1. The summed E-state index contributed by atoms with van der Waals surface area (Å²) < 4.78 is 12.2. The zero-order valence-corrected chi connectivity index (χ0v) is 22.1. The van der Waals surface area contributed by atoms with Gasteiger partial charge < -0.3 is 24.2 Å². The van der Waals surface area contributed by atoms with E-state index < -0.39 is 11.9 Å². The summed E-state index contributed by atoms with van der Waals surface area (Å²) in [6.07, 6.45) is 4.12. The number of nitrogens with zero attached hydrogens (tertiary/aromatic N) is 3. The fourth-order valence-electron chi connectivity index (χ4n) is 5.57. The number of hydrogen-bond acceptors (Lipinski definition) is 6. The summed E-state index contributed by atoms with van der Waals surface area (Å²) >= 11 is 13.0. The molecule has 1 N–H and O–H groups in total. The smallest absolute Gasteiger partial charge is 0.312 e. The third kappa shape index (κ3) is 4.69. The van der Waals surface area contributed by atoms with Gasteiger partial charge in [0.2, 0.25) is 0 Å². The van der Waals surface area contributed by atoms with Crippen molar-refractivity contribution in [3.63, 3.8) is 0 Å². The highest BCUT2D eigenvalue weighted by Crippen LogP contribution is 2.46. The molecular weight excluding hydrogens is 513 g/mol. The van der Waals surface area contributed by atoms with Crippen molar-refractivity contribution in [1.82, 2.24) is 5.16 Å². The van der Waals surface area contributed by atoms with Gasteiger partial charge in [-0.3, -0.25) is 4.79 Å². The Morgan fingerprint density at radius 3 is 2.54 bits per heavy atom. The van der Waals surface area contributed by atoms with E-state index in [0.717, 1.165) is 67.0 Å². The number of carbonyl (C=O) groups is 1. The summed E-state index contributed by atoms with van der Waals surface area (Å²) in [5.74, 6) is 0.0533. The number of fused-ring (bicyclic) bond motifs is 1. The Morgan fingerprint density at radius 2 is 1.86 bits per heavy atom. The Kier molecular flexibility index (Phi) is 6.55. The van der Waals surface area contributed by atoms with E-state index in [2.05, 4.69) is 16.1 Å². The van der Waals surface area contributed by atoms with E-state index in [9.17, 15) is 9.90 Å². The predicted molar refractivity (Wildman–Crippen MR) is 144 cm³/mol. The standard InChI is InChI=1S/C28H29Cl2N3O4/c1-32-14-20(28(34)35)19-8-7-17(13-24(19)32)33-11-9-18(10-12-33)36-15-21-26(31-37-27(21)16-5-6-16)25-22(29)3-2-4-23(25)30/h2-4,7-8,13,16,18,20H,5-6,9-12,14-15H2,1H3,(H,34,35). The molecule has 3 aliphatic rings. The topological polar surface area (TPSA) is 79.0 Å². The van der Waals surface area contributed by atoms with Crippen molar-refractivity contribution in [3.8, 4) is 11.3 Å². The highest BCUT2D eigenvalue weighted by atomic mass is 35.5. The minimum Gasteiger partial charge on any atom is -0.481 e. The van der Waals surface area contributed by atoms with Crippen LogP contribution in [0.25, 0.3) is 11.3 Å². The molecule has 3 aromatic rings. The number of benzene rings is 2. The Hall–Kier alpha value is -2.74. The minimum absolute atomic E-state index is 0.126. The van der Waals surface area contributed by atoms with Crippen LogP contribution in [0.5, 0.6) is 0 Å². The number of carboxylic acid groups (broad SMARTS) is 1. The minimum atomic E-state index is -0.769. The first-order valence-corrected chi connectivity index (χ1v) is 13.5. The molecule has 1 unspecified atom stereocenters. The Labute approximate surface area is 225 Å². The van der Waals surface area contributed by atoms with Crippen molar-refractivity contribution >= 4 is 40.5 Å². The molecule has 3 heterocycles. The molecule has 1 aliphatic carbocycles. The van der Waals surface area contributed by atoms with Crippen molar-refractivity contribution in [1.29, 1.82) is 0 Å². The van der Waals surface area contributed by atoms with Crippen LogP contribution in [0, 0.1) is 0 Å². The summed E-state index contributed by atoms with van der Waals surface area (Å²) in [6.45, 7) is 2.67. The van der Waals surface area contributed by atoms with Crippen molar-refractivity contribution in [2.75, 3.05) is 36.5 Å². The van der Waals surface area contributed by atoms with E-state index in [0.29, 0.717) is 40.4 Å². The highest BCUT2D eigenvalue weighted by Gasteiger charge is 2.35. The summed E-state index contributed by atoms with van der Waals surface area (Å²) in [5.41, 5.74) is 5.36. The van der Waals surface area contributed by atoms with Crippen LogP contribution >= 0.6 is 23.2 Å². The van der Waals surface area contributed by atoms with Crippen molar-refractivity contribution in [2.24, 2.45) is 0 Å². The number of aromatic nitrogens is 1. The first kappa shape index (κ1) is 24.6. The molecule has 1 saturated heterocycles. The van der Waals surface area contributed by atoms with Crippen LogP contribution in [0.15, 0.2) is 40.9 Å². The molecule has 194 valence electrons. The van der Waals surface area contributed by atoms with Gasteiger partial charge in [-0.2, -0.15) is 0 Å². The molecule has 2 aromatic carbocycles. The summed E-state index contributed by atoms with van der Waals surface area (Å²) in [4.78, 5) is 16.0. The predicted octanol–water partition coefficient (Wildman–Crippen LogP) is 6.33. The molecule has 2 fully saturated rings. The first-order valence-electron chi connectivity index (χ1n) is 12.8. The Morgan fingerprint density at radius 1 is 1.14 bits per heavy atom. The van der Waals surface area contributed by atoms with Gasteiger partial charge in [0.05, 0.1) is 22.8 Å². The molecule has 37 heavy (non-hydrogen) atoms. The number of piperidine rings is 1. The maximum atomic E-state index is 11.6. The lowest BCUT2D eigenvalue weighted by atomic mass is 10.0. The molecule has 0 bridgehead atoms. The van der Waals surface area contributed by atoms with Gasteiger partial charge in [0.15, 0.2) is 0 Å². The summed E-state index contributed by atoms with van der Waals surface area (Å²) in [5, 5.41) is 15.0. The van der Waals surface area contributed by atoms with E-state index in [1.807, 2.05) is 42.3 Å². The Bertz CT molecular complexity index is 1310. The monoisotopic (exact) mass is 541 g/mol. The van der Waals surface area contributed by atoms with Gasteiger partial charge in [0.1, 0.15) is 17.4 Å². The molecule has 2 aliphatic heterocycles. The average Bonchev–Trinajstić information content (AvgIpc) is 3.57. The first-order chi connectivity index (χ1) is 17.9. The lowest BCUT2D eigenvalue weighted by molar-refractivity contribution is -0.138. The van der Waals surface area contributed by atoms with Crippen LogP contribution in [0.2, 0.25) is 10.0 Å². The molecule has 9 heteroatoms. The van der Waals surface area contributed by atoms with Crippen LogP contribution in [-0.4, -0.2) is 49.0 Å². The van der Waals surface area contributed by atoms with Crippen molar-refractivity contribution in [2.45, 2.75) is 50.2 Å². The maximum Gasteiger partial charge on any atom is 0.312 e. The van der Waals surface area contributed by atoms with Gasteiger partial charge in [0, 0.05) is 55.1 Å². The van der Waals surface area contributed by atoms with E-state index >= 15 is 0 Å². The van der Waals surface area contributed by atoms with Gasteiger partial charge in [-0.15, -0.1) is 0 Å². The number of likely N-dealkylation sites (N-methyl/N-ethyl adjacent to an activating group) is 1. The van der Waals surface area contributed by atoms with Crippen LogP contribution in [-0.2, 0) is 16.1 Å². The Balaban J connectivity index is 1.13. The van der Waals surface area contributed by atoms with Gasteiger partial charge in [0.25, 0.3) is 0 Å². The maximum absolute atomic E-state index is 11.6. The van der Waals surface area contributed by atoms with Crippen LogP contribution in [0.4, 0.5) is 11.4 Å². The number of ether oxygens (including phenoxy) is 1. The van der Waals surface area contributed by atoms with Crippen molar-refractivity contribution in [3.05, 3.63) is 63.3 Å². The van der Waals surface area contributed by atoms with E-state index in [4.69, 9.17) is 32.5 Å². The quantitative estimate of drug-likeness (QED) is 0.374. The summed E-state index contributed by atoms with van der Waals surface area (Å²) in [7, 11) is 1.95. The zero-order valence-electron chi connectivity index (χ0n) is 20.6. The lowest BCUT2D eigenvalue weighted by Gasteiger charge is -2.34. The number of anilines is 2. The third-order valence-corrected chi connectivity index (χ3v) is 8.42. The molecule has 1 saturated carbocycles. The molecule has 6 rings (SSSR count). The molecule has 0 radical (unpaired) electrons. The lowest BCUT2D eigenvalue weighted by Crippen LogP contribution is -2.37.